The number of rotatable bonds is 6. The van der Waals surface area contributed by atoms with E-state index in [0.29, 0.717) is 17.0 Å². The quantitative estimate of drug-likeness (QED) is 0.603. The molecular weight excluding hydrogens is 364 g/mol. The molecule has 0 radical (unpaired) electrons. The molecule has 0 amide bonds. The average molecular weight is 376 g/mol. The number of aliphatic carboxylic acids is 1. The first kappa shape index (κ1) is 17.5. The van der Waals surface area contributed by atoms with Crippen molar-refractivity contribution in [1.82, 2.24) is 20.2 Å². The Bertz CT molecular complexity index is 1050. The first-order chi connectivity index (χ1) is 12.3. The number of ether oxygens (including phenoxy) is 1. The Kier molecular flexibility index (Phi) is 4.65. The number of hydrogen-bond donors (Lipinski definition) is 2. The van der Waals surface area contributed by atoms with Crippen molar-refractivity contribution in [2.24, 2.45) is 0 Å². The fourth-order valence-electron chi connectivity index (χ4n) is 2.06. The molecule has 3 aromatic rings. The molecule has 26 heavy (non-hydrogen) atoms. The second-order valence-corrected chi connectivity index (χ2v) is 6.50. The van der Waals surface area contributed by atoms with Gasteiger partial charge >= 0.3 is 5.97 Å². The maximum absolute atomic E-state index is 11.1. The molecule has 0 spiro atoms. The highest BCUT2D eigenvalue weighted by molar-refractivity contribution is 7.85. The SMILES string of the molecule is O=C(O)COc1cccc(-c2nnn(-c3ccc(S(=O)(=O)O)cc3)n2)c1. The van der Waals surface area contributed by atoms with Crippen molar-refractivity contribution < 1.29 is 27.6 Å². The minimum atomic E-state index is -4.28. The summed E-state index contributed by atoms with van der Waals surface area (Å²) in [7, 11) is -4.28. The Balaban J connectivity index is 1.84. The average Bonchev–Trinajstić information content (AvgIpc) is 3.10. The lowest BCUT2D eigenvalue weighted by molar-refractivity contribution is -0.139. The second-order valence-electron chi connectivity index (χ2n) is 5.08. The molecule has 0 atom stereocenters. The van der Waals surface area contributed by atoms with E-state index in [1.165, 1.54) is 29.1 Å². The third-order valence-electron chi connectivity index (χ3n) is 3.23. The van der Waals surface area contributed by atoms with E-state index in [1.54, 1.807) is 24.3 Å². The van der Waals surface area contributed by atoms with Crippen molar-refractivity contribution in [1.29, 1.82) is 0 Å². The fourth-order valence-corrected chi connectivity index (χ4v) is 2.54. The zero-order valence-corrected chi connectivity index (χ0v) is 13.9. The fraction of sp³-hybridized carbons (Fsp3) is 0.0667. The van der Waals surface area contributed by atoms with Crippen LogP contribution in [0, 0.1) is 0 Å². The molecule has 0 aliphatic carbocycles. The van der Waals surface area contributed by atoms with Gasteiger partial charge in [0.05, 0.1) is 10.6 Å². The molecule has 0 fully saturated rings. The summed E-state index contributed by atoms with van der Waals surface area (Å²) >= 11 is 0. The third kappa shape index (κ3) is 4.02. The van der Waals surface area contributed by atoms with Crippen LogP contribution in [0.25, 0.3) is 17.1 Å². The Morgan fingerprint density at radius 2 is 1.88 bits per heavy atom. The molecule has 0 bridgehead atoms. The summed E-state index contributed by atoms with van der Waals surface area (Å²) in [5.41, 5.74) is 1.00. The maximum Gasteiger partial charge on any atom is 0.341 e. The van der Waals surface area contributed by atoms with Gasteiger partial charge in [-0.25, -0.2) is 4.79 Å². The highest BCUT2D eigenvalue weighted by atomic mass is 32.2. The van der Waals surface area contributed by atoms with Crippen molar-refractivity contribution in [3.63, 3.8) is 0 Å². The van der Waals surface area contributed by atoms with Crippen molar-refractivity contribution in [2.45, 2.75) is 4.90 Å². The largest absolute Gasteiger partial charge is 0.482 e. The highest BCUT2D eigenvalue weighted by Gasteiger charge is 2.12. The molecule has 0 aliphatic rings. The van der Waals surface area contributed by atoms with Crippen LogP contribution in [0.4, 0.5) is 0 Å². The number of tetrazole rings is 1. The normalized spacial score (nSPS) is 11.3. The summed E-state index contributed by atoms with van der Waals surface area (Å²) in [4.78, 5) is 11.5. The molecule has 10 nitrogen and oxygen atoms in total. The number of aromatic nitrogens is 4. The molecule has 2 aromatic carbocycles. The number of benzene rings is 2. The second kappa shape index (κ2) is 6.90. The number of carboxylic acids is 1. The first-order valence-corrected chi connectivity index (χ1v) is 8.60. The van der Waals surface area contributed by atoms with E-state index in [0.717, 1.165) is 0 Å². The zero-order valence-electron chi connectivity index (χ0n) is 13.1. The molecule has 0 aliphatic heterocycles. The topological polar surface area (TPSA) is 144 Å². The number of nitrogens with zero attached hydrogens (tertiary/aromatic N) is 4. The van der Waals surface area contributed by atoms with Gasteiger partial charge in [0, 0.05) is 5.56 Å². The van der Waals surface area contributed by atoms with Crippen molar-refractivity contribution in [2.75, 3.05) is 6.61 Å². The van der Waals surface area contributed by atoms with Gasteiger partial charge in [0.1, 0.15) is 5.75 Å². The Labute approximate surface area is 147 Å². The van der Waals surface area contributed by atoms with E-state index in [4.69, 9.17) is 14.4 Å². The van der Waals surface area contributed by atoms with Crippen LogP contribution in [0.5, 0.6) is 5.75 Å². The van der Waals surface area contributed by atoms with E-state index >= 15 is 0 Å². The minimum Gasteiger partial charge on any atom is -0.482 e. The van der Waals surface area contributed by atoms with E-state index < -0.39 is 22.7 Å². The van der Waals surface area contributed by atoms with Crippen LogP contribution in [-0.4, -0.2) is 50.9 Å². The minimum absolute atomic E-state index is 0.245. The van der Waals surface area contributed by atoms with Gasteiger partial charge in [-0.3, -0.25) is 4.55 Å². The molecule has 2 N–H and O–H groups in total. The summed E-state index contributed by atoms with van der Waals surface area (Å²) in [6.07, 6.45) is 0. The molecule has 3 rings (SSSR count). The molecule has 0 saturated carbocycles. The summed E-state index contributed by atoms with van der Waals surface area (Å²) in [6.45, 7) is -0.469. The Morgan fingerprint density at radius 3 is 2.54 bits per heavy atom. The maximum atomic E-state index is 11.1. The lowest BCUT2D eigenvalue weighted by Gasteiger charge is -2.03. The van der Waals surface area contributed by atoms with Gasteiger partial charge in [-0.05, 0) is 41.6 Å². The van der Waals surface area contributed by atoms with Gasteiger partial charge < -0.3 is 9.84 Å². The molecule has 134 valence electrons. The number of carboxylic acid groups (broad SMARTS) is 1. The van der Waals surface area contributed by atoms with Crippen LogP contribution in [0.2, 0.25) is 0 Å². The van der Waals surface area contributed by atoms with Crippen LogP contribution in [0.3, 0.4) is 0 Å². The van der Waals surface area contributed by atoms with E-state index in [-0.39, 0.29) is 10.7 Å². The van der Waals surface area contributed by atoms with Gasteiger partial charge in [-0.15, -0.1) is 15.0 Å². The van der Waals surface area contributed by atoms with Crippen LogP contribution in [-0.2, 0) is 14.9 Å². The monoisotopic (exact) mass is 376 g/mol. The van der Waals surface area contributed by atoms with E-state index in [9.17, 15) is 13.2 Å². The van der Waals surface area contributed by atoms with E-state index in [2.05, 4.69) is 15.4 Å². The Hall–Kier alpha value is -3.31. The van der Waals surface area contributed by atoms with E-state index in [1.807, 2.05) is 0 Å². The van der Waals surface area contributed by atoms with Gasteiger partial charge in [0.25, 0.3) is 10.1 Å². The van der Waals surface area contributed by atoms with Gasteiger partial charge in [-0.1, -0.05) is 12.1 Å². The van der Waals surface area contributed by atoms with Crippen LogP contribution in [0.15, 0.2) is 53.4 Å². The lowest BCUT2D eigenvalue weighted by Crippen LogP contribution is -2.09. The van der Waals surface area contributed by atoms with Crippen LogP contribution < -0.4 is 4.74 Å². The smallest absolute Gasteiger partial charge is 0.341 e. The summed E-state index contributed by atoms with van der Waals surface area (Å²) in [6, 6.07) is 11.8. The molecule has 0 unspecified atom stereocenters. The van der Waals surface area contributed by atoms with Gasteiger partial charge in [0.2, 0.25) is 5.82 Å². The predicted molar refractivity (Wildman–Crippen MR) is 87.5 cm³/mol. The Morgan fingerprint density at radius 1 is 1.15 bits per heavy atom. The molecule has 11 heteroatoms. The molecular formula is C15H12N4O6S. The van der Waals surface area contributed by atoms with Crippen LogP contribution >= 0.6 is 0 Å². The molecule has 0 saturated heterocycles. The zero-order chi connectivity index (χ0) is 18.7. The standard InChI is InChI=1S/C15H12N4O6S/c20-14(21)9-25-12-3-1-2-10(8-12)15-16-18-19(17-15)11-4-6-13(7-5-11)26(22,23)24/h1-8H,9H2,(H,20,21)(H,22,23,24). The van der Waals surface area contributed by atoms with Gasteiger partial charge in [-0.2, -0.15) is 8.42 Å². The predicted octanol–water partition coefficient (Wildman–Crippen LogP) is 1.04. The summed E-state index contributed by atoms with van der Waals surface area (Å²) in [5, 5.41) is 20.6. The van der Waals surface area contributed by atoms with Gasteiger partial charge in [0.15, 0.2) is 6.61 Å². The summed E-state index contributed by atoms with van der Waals surface area (Å²) in [5.74, 6) is -0.476. The third-order valence-corrected chi connectivity index (χ3v) is 4.10. The lowest BCUT2D eigenvalue weighted by atomic mass is 10.2. The number of carbonyl (C=O) groups is 1. The highest BCUT2D eigenvalue weighted by Crippen LogP contribution is 2.21. The van der Waals surface area contributed by atoms with Crippen molar-refractivity contribution >= 4 is 16.1 Å². The summed E-state index contributed by atoms with van der Waals surface area (Å²) < 4.78 is 36.2. The first-order valence-electron chi connectivity index (χ1n) is 7.16. The number of hydrogen-bond acceptors (Lipinski definition) is 7. The van der Waals surface area contributed by atoms with Crippen LogP contribution in [0.1, 0.15) is 0 Å². The molecule has 1 heterocycles. The van der Waals surface area contributed by atoms with Crippen molar-refractivity contribution in [3.05, 3.63) is 48.5 Å². The van der Waals surface area contributed by atoms with Crippen molar-refractivity contribution in [3.8, 4) is 22.8 Å². The molecule has 1 aromatic heterocycles.